The molecule has 154 valence electrons. The van der Waals surface area contributed by atoms with Gasteiger partial charge in [0.05, 0.1) is 5.69 Å². The summed E-state index contributed by atoms with van der Waals surface area (Å²) in [5, 5.41) is 3.88. The van der Waals surface area contributed by atoms with Crippen LogP contribution in [0.15, 0.2) is 18.2 Å². The number of aryl methyl sites for hydroxylation is 1. The maximum atomic E-state index is 13.7. The molecule has 0 radical (unpaired) electrons. The third-order valence-corrected chi connectivity index (χ3v) is 7.00. The van der Waals surface area contributed by atoms with Gasteiger partial charge in [0.25, 0.3) is 0 Å². The highest BCUT2D eigenvalue weighted by atomic mass is 32.1. The minimum atomic E-state index is -0.314. The number of rotatable bonds is 3. The van der Waals surface area contributed by atoms with Crippen molar-refractivity contribution in [2.45, 2.75) is 33.1 Å². The number of halogens is 1. The summed E-state index contributed by atoms with van der Waals surface area (Å²) in [5.41, 5.74) is 2.08. The van der Waals surface area contributed by atoms with Gasteiger partial charge >= 0.3 is 0 Å². The first-order chi connectivity index (χ1) is 13.9. The van der Waals surface area contributed by atoms with E-state index in [1.54, 1.807) is 37.3 Å². The Morgan fingerprint density at radius 3 is 2.72 bits per heavy atom. The van der Waals surface area contributed by atoms with Gasteiger partial charge in [-0.05, 0) is 38.3 Å². The molecule has 1 atom stereocenters. The molecule has 1 N–H and O–H groups in total. The van der Waals surface area contributed by atoms with Crippen LogP contribution in [0.2, 0.25) is 0 Å². The number of nitrogens with one attached hydrogen (secondary N) is 1. The lowest BCUT2D eigenvalue weighted by Gasteiger charge is -2.33. The van der Waals surface area contributed by atoms with Crippen molar-refractivity contribution in [3.63, 3.8) is 0 Å². The Bertz CT molecular complexity index is 937. The van der Waals surface area contributed by atoms with Crippen LogP contribution in [0.1, 0.15) is 29.5 Å². The van der Waals surface area contributed by atoms with Gasteiger partial charge in [-0.1, -0.05) is 6.07 Å². The summed E-state index contributed by atoms with van der Waals surface area (Å²) in [5.74, 6) is -0.390. The summed E-state index contributed by atoms with van der Waals surface area (Å²) in [4.78, 5) is 34.3. The Morgan fingerprint density at radius 1 is 1.24 bits per heavy atom. The molecule has 2 aromatic rings. The van der Waals surface area contributed by atoms with Crippen molar-refractivity contribution in [2.24, 2.45) is 5.92 Å². The number of hydrogen-bond donors (Lipinski definition) is 1. The number of benzene rings is 1. The van der Waals surface area contributed by atoms with E-state index in [9.17, 15) is 14.0 Å². The van der Waals surface area contributed by atoms with E-state index in [1.807, 2.05) is 4.90 Å². The largest absolute Gasteiger partial charge is 0.345 e. The summed E-state index contributed by atoms with van der Waals surface area (Å²) in [6, 6.07) is 4.74. The van der Waals surface area contributed by atoms with Gasteiger partial charge in [-0.15, -0.1) is 11.3 Å². The molecule has 1 fully saturated rings. The molecule has 4 rings (SSSR count). The van der Waals surface area contributed by atoms with Gasteiger partial charge in [0.1, 0.15) is 5.82 Å². The number of nitrogens with zero attached hydrogens (tertiary/aromatic N) is 3. The molecule has 1 aromatic carbocycles. The molecule has 2 amide bonds. The zero-order valence-corrected chi connectivity index (χ0v) is 17.5. The Hall–Kier alpha value is -2.48. The standard InChI is InChI=1S/C21H25FN4O2S/c1-13-16(22)4-3-5-17(13)23-20(28)15-6-7-18-19(12-15)29-21(24-18)26-10-8-25(9-11-26)14(2)27/h3-5,15H,6-12H2,1-2H3,(H,23,28)/t15-/m1/s1. The molecule has 1 aliphatic carbocycles. The highest BCUT2D eigenvalue weighted by Crippen LogP contribution is 2.35. The molecule has 2 heterocycles. The van der Waals surface area contributed by atoms with E-state index < -0.39 is 0 Å². The highest BCUT2D eigenvalue weighted by molar-refractivity contribution is 7.15. The van der Waals surface area contributed by atoms with Crippen LogP contribution in [-0.2, 0) is 22.4 Å². The van der Waals surface area contributed by atoms with Gasteiger partial charge in [-0.2, -0.15) is 0 Å². The molecule has 0 spiro atoms. The van der Waals surface area contributed by atoms with Crippen molar-refractivity contribution in [1.29, 1.82) is 0 Å². The fourth-order valence-electron chi connectivity index (χ4n) is 3.91. The zero-order valence-electron chi connectivity index (χ0n) is 16.7. The number of carbonyl (C=O) groups excluding carboxylic acids is 2. The molecule has 0 saturated carbocycles. The molecule has 1 saturated heterocycles. The second kappa shape index (κ2) is 8.10. The molecule has 29 heavy (non-hydrogen) atoms. The fourth-order valence-corrected chi connectivity index (χ4v) is 5.15. The Kier molecular flexibility index (Phi) is 5.54. The van der Waals surface area contributed by atoms with Crippen molar-refractivity contribution in [3.8, 4) is 0 Å². The van der Waals surface area contributed by atoms with Crippen molar-refractivity contribution >= 4 is 34.0 Å². The Balaban J connectivity index is 1.41. The van der Waals surface area contributed by atoms with E-state index in [0.717, 1.165) is 54.7 Å². The molecule has 0 unspecified atom stereocenters. The second-order valence-corrected chi connectivity index (χ2v) is 8.76. The summed E-state index contributed by atoms with van der Waals surface area (Å²) in [6.07, 6.45) is 2.19. The first-order valence-electron chi connectivity index (χ1n) is 9.97. The average Bonchev–Trinajstić information content (AvgIpc) is 3.15. The predicted octanol–water partition coefficient (Wildman–Crippen LogP) is 3.00. The first kappa shape index (κ1) is 19.8. The van der Waals surface area contributed by atoms with Gasteiger partial charge < -0.3 is 15.1 Å². The lowest BCUT2D eigenvalue weighted by atomic mass is 9.90. The molecule has 1 aromatic heterocycles. The zero-order chi connectivity index (χ0) is 20.5. The molecular formula is C21H25FN4O2S. The molecule has 2 aliphatic rings. The lowest BCUT2D eigenvalue weighted by Crippen LogP contribution is -2.48. The summed E-state index contributed by atoms with van der Waals surface area (Å²) in [7, 11) is 0. The fraction of sp³-hybridized carbons (Fsp3) is 0.476. The monoisotopic (exact) mass is 416 g/mol. The third kappa shape index (κ3) is 4.12. The number of aromatic nitrogens is 1. The maximum Gasteiger partial charge on any atom is 0.227 e. The average molecular weight is 417 g/mol. The molecule has 0 bridgehead atoms. The molecule has 6 nitrogen and oxygen atoms in total. The van der Waals surface area contributed by atoms with Gasteiger partial charge in [0.15, 0.2) is 5.13 Å². The number of carbonyl (C=O) groups is 2. The van der Waals surface area contributed by atoms with Crippen LogP contribution in [0.5, 0.6) is 0 Å². The highest BCUT2D eigenvalue weighted by Gasteiger charge is 2.29. The van der Waals surface area contributed by atoms with E-state index >= 15 is 0 Å². The molecular weight excluding hydrogens is 391 g/mol. The minimum absolute atomic E-state index is 0.0608. The van der Waals surface area contributed by atoms with Crippen LogP contribution in [0.4, 0.5) is 15.2 Å². The number of hydrogen-bond acceptors (Lipinski definition) is 5. The lowest BCUT2D eigenvalue weighted by molar-refractivity contribution is -0.129. The summed E-state index contributed by atoms with van der Waals surface area (Å²) in [6.45, 7) is 6.29. The molecule has 1 aliphatic heterocycles. The summed E-state index contributed by atoms with van der Waals surface area (Å²) < 4.78 is 13.7. The van der Waals surface area contributed by atoms with Gasteiger partial charge in [-0.3, -0.25) is 9.59 Å². The van der Waals surface area contributed by atoms with Crippen LogP contribution < -0.4 is 10.2 Å². The smallest absolute Gasteiger partial charge is 0.227 e. The van der Waals surface area contributed by atoms with E-state index in [2.05, 4.69) is 10.2 Å². The van der Waals surface area contributed by atoms with E-state index in [1.165, 1.54) is 6.07 Å². The normalized spacial score (nSPS) is 19.1. The number of piperazine rings is 1. The van der Waals surface area contributed by atoms with Gasteiger partial charge in [-0.25, -0.2) is 9.37 Å². The van der Waals surface area contributed by atoms with Crippen molar-refractivity contribution in [1.82, 2.24) is 9.88 Å². The van der Waals surface area contributed by atoms with Gasteiger partial charge in [0, 0.05) is 55.1 Å². The van der Waals surface area contributed by atoms with Crippen LogP contribution in [0.25, 0.3) is 0 Å². The number of anilines is 2. The third-order valence-electron chi connectivity index (χ3n) is 5.82. The predicted molar refractivity (Wildman–Crippen MR) is 112 cm³/mol. The SMILES string of the molecule is CC(=O)N1CCN(c2nc3c(s2)C[C@H](C(=O)Nc2cccc(F)c2C)CC3)CC1. The van der Waals surface area contributed by atoms with Crippen molar-refractivity contribution < 1.29 is 14.0 Å². The minimum Gasteiger partial charge on any atom is -0.345 e. The van der Waals surface area contributed by atoms with E-state index in [4.69, 9.17) is 4.98 Å². The van der Waals surface area contributed by atoms with Crippen molar-refractivity contribution in [3.05, 3.63) is 40.2 Å². The second-order valence-electron chi connectivity index (χ2n) is 7.70. The van der Waals surface area contributed by atoms with Crippen LogP contribution >= 0.6 is 11.3 Å². The quantitative estimate of drug-likeness (QED) is 0.835. The topological polar surface area (TPSA) is 65.5 Å². The molecule has 8 heteroatoms. The maximum absolute atomic E-state index is 13.7. The van der Waals surface area contributed by atoms with E-state index in [0.29, 0.717) is 17.7 Å². The number of amides is 2. The Labute approximate surface area is 173 Å². The van der Waals surface area contributed by atoms with Crippen LogP contribution in [0.3, 0.4) is 0 Å². The summed E-state index contributed by atoms with van der Waals surface area (Å²) >= 11 is 1.66. The van der Waals surface area contributed by atoms with Crippen molar-refractivity contribution in [2.75, 3.05) is 36.4 Å². The Morgan fingerprint density at radius 2 is 2.00 bits per heavy atom. The van der Waals surface area contributed by atoms with Crippen LogP contribution in [-0.4, -0.2) is 47.9 Å². The van der Waals surface area contributed by atoms with E-state index in [-0.39, 0.29) is 23.5 Å². The number of fused-ring (bicyclic) bond motifs is 1. The van der Waals surface area contributed by atoms with Crippen LogP contribution in [0, 0.1) is 18.7 Å². The first-order valence-corrected chi connectivity index (χ1v) is 10.8. The number of thiazole rings is 1. The van der Waals surface area contributed by atoms with Gasteiger partial charge in [0.2, 0.25) is 11.8 Å².